The number of alkyl halides is 3. The Kier molecular flexibility index (Phi) is 6.29. The Morgan fingerprint density at radius 3 is 2.62 bits per heavy atom. The summed E-state index contributed by atoms with van der Waals surface area (Å²) in [5.74, 6) is -0.525. The van der Waals surface area contributed by atoms with Crippen LogP contribution in [0.1, 0.15) is 24.8 Å². The maximum absolute atomic E-state index is 13.7. The lowest BCUT2D eigenvalue weighted by atomic mass is 10.2. The Morgan fingerprint density at radius 1 is 1.34 bits per heavy atom. The molecule has 1 saturated carbocycles. The van der Waals surface area contributed by atoms with E-state index in [1.807, 2.05) is 6.07 Å². The van der Waals surface area contributed by atoms with E-state index >= 15 is 0 Å². The summed E-state index contributed by atoms with van der Waals surface area (Å²) in [5, 5.41) is 13.2. The van der Waals surface area contributed by atoms with Gasteiger partial charge in [0.05, 0.1) is 34.1 Å². The third-order valence-electron chi connectivity index (χ3n) is 5.55. The zero-order valence-corrected chi connectivity index (χ0v) is 18.1. The van der Waals surface area contributed by atoms with Crippen LogP contribution in [0.5, 0.6) is 0 Å². The van der Waals surface area contributed by atoms with Crippen molar-refractivity contribution in [1.29, 1.82) is 5.26 Å². The van der Waals surface area contributed by atoms with Crippen molar-refractivity contribution in [2.75, 3.05) is 6.54 Å². The SMILES string of the molecule is Cl.N#CC1(NC(=O)[C@@H]2C[C@@H](S(=O)(=O)c3ccc(-n4ccnc4)cc3C(F)(F)F)CN2)CC1. The number of nitrogens with zero attached hydrogens (tertiary/aromatic N) is 3. The Balaban J connectivity index is 0.00000289. The standard InChI is InChI=1S/C19H18F3N5O3S.ClH/c20-19(21,22)14-7-12(27-6-5-24-11-27)1-2-16(14)31(29,30)13-8-15(25-9-13)17(28)26-18(10-23)3-4-18;/h1-2,5-7,11,13,15,25H,3-4,8-9H2,(H,26,28);1H/t13-,15+;/m1./s1. The summed E-state index contributed by atoms with van der Waals surface area (Å²) < 4.78 is 68.7. The fourth-order valence-electron chi connectivity index (χ4n) is 3.59. The Hall–Kier alpha value is -2.62. The monoisotopic (exact) mass is 489 g/mol. The molecule has 13 heteroatoms. The van der Waals surface area contributed by atoms with Gasteiger partial charge in [-0.05, 0) is 37.5 Å². The van der Waals surface area contributed by atoms with Crippen LogP contribution in [-0.4, -0.2) is 47.3 Å². The minimum Gasteiger partial charge on any atom is -0.336 e. The lowest BCUT2D eigenvalue weighted by Gasteiger charge is -2.18. The highest BCUT2D eigenvalue weighted by atomic mass is 35.5. The Bertz CT molecular complexity index is 1160. The second kappa shape index (κ2) is 8.38. The van der Waals surface area contributed by atoms with Crippen molar-refractivity contribution in [3.63, 3.8) is 0 Å². The third-order valence-corrected chi connectivity index (χ3v) is 7.76. The van der Waals surface area contributed by atoms with Crippen molar-refractivity contribution < 1.29 is 26.4 Å². The molecule has 0 spiro atoms. The van der Waals surface area contributed by atoms with Crippen LogP contribution >= 0.6 is 12.4 Å². The number of carbonyl (C=O) groups is 1. The quantitative estimate of drug-likeness (QED) is 0.663. The fourth-order valence-corrected chi connectivity index (χ4v) is 5.45. The van der Waals surface area contributed by atoms with Gasteiger partial charge in [-0.3, -0.25) is 4.79 Å². The molecule has 2 atom stereocenters. The number of rotatable bonds is 5. The first kappa shape index (κ1) is 24.0. The van der Waals surface area contributed by atoms with Crippen LogP contribution < -0.4 is 10.6 Å². The highest BCUT2D eigenvalue weighted by Crippen LogP contribution is 2.38. The van der Waals surface area contributed by atoms with Crippen LogP contribution in [0.2, 0.25) is 0 Å². The zero-order chi connectivity index (χ0) is 22.4. The second-order valence-corrected chi connectivity index (χ2v) is 9.89. The van der Waals surface area contributed by atoms with E-state index in [-0.39, 0.29) is 31.1 Å². The summed E-state index contributed by atoms with van der Waals surface area (Å²) >= 11 is 0. The molecule has 4 rings (SSSR count). The summed E-state index contributed by atoms with van der Waals surface area (Å²) in [4.78, 5) is 15.3. The number of sulfone groups is 1. The van der Waals surface area contributed by atoms with Gasteiger partial charge in [0, 0.05) is 24.6 Å². The molecule has 172 valence electrons. The van der Waals surface area contributed by atoms with Crippen LogP contribution in [0.3, 0.4) is 0 Å². The average Bonchev–Trinajstić information content (AvgIpc) is 3.15. The number of carbonyl (C=O) groups excluding carboxylic acids is 1. The molecular weight excluding hydrogens is 471 g/mol. The van der Waals surface area contributed by atoms with E-state index in [1.54, 1.807) is 0 Å². The molecule has 2 aromatic rings. The van der Waals surface area contributed by atoms with Crippen molar-refractivity contribution >= 4 is 28.2 Å². The predicted octanol–water partition coefficient (Wildman–Crippen LogP) is 1.99. The van der Waals surface area contributed by atoms with Crippen LogP contribution in [0.25, 0.3) is 5.69 Å². The number of imidazole rings is 1. The van der Waals surface area contributed by atoms with E-state index in [0.717, 1.165) is 12.1 Å². The molecule has 1 amide bonds. The van der Waals surface area contributed by atoms with Gasteiger partial charge in [-0.15, -0.1) is 12.4 Å². The number of halogens is 4. The summed E-state index contributed by atoms with van der Waals surface area (Å²) in [6.45, 7) is -0.166. The molecule has 1 aliphatic carbocycles. The van der Waals surface area contributed by atoms with Gasteiger partial charge < -0.3 is 15.2 Å². The van der Waals surface area contributed by atoms with Gasteiger partial charge in [0.2, 0.25) is 5.91 Å². The van der Waals surface area contributed by atoms with Crippen LogP contribution in [0.4, 0.5) is 13.2 Å². The third kappa shape index (κ3) is 4.46. The van der Waals surface area contributed by atoms with Gasteiger partial charge in [-0.1, -0.05) is 0 Å². The predicted molar refractivity (Wildman–Crippen MR) is 109 cm³/mol. The highest BCUT2D eigenvalue weighted by molar-refractivity contribution is 7.92. The van der Waals surface area contributed by atoms with Crippen molar-refractivity contribution in [3.05, 3.63) is 42.5 Å². The van der Waals surface area contributed by atoms with Crippen molar-refractivity contribution in [1.82, 2.24) is 20.2 Å². The van der Waals surface area contributed by atoms with Crippen molar-refractivity contribution in [2.24, 2.45) is 0 Å². The van der Waals surface area contributed by atoms with E-state index < -0.39 is 49.2 Å². The molecule has 8 nitrogen and oxygen atoms in total. The number of hydrogen-bond donors (Lipinski definition) is 2. The smallest absolute Gasteiger partial charge is 0.336 e. The van der Waals surface area contributed by atoms with Crippen LogP contribution in [0.15, 0.2) is 41.8 Å². The molecule has 1 aromatic heterocycles. The molecular formula is C19H19ClF3N5O3S. The number of amides is 1. The first-order chi connectivity index (χ1) is 14.6. The summed E-state index contributed by atoms with van der Waals surface area (Å²) in [5.41, 5.74) is -2.06. The molecule has 32 heavy (non-hydrogen) atoms. The molecule has 1 saturated heterocycles. The van der Waals surface area contributed by atoms with Gasteiger partial charge in [0.25, 0.3) is 0 Å². The number of benzene rings is 1. The second-order valence-electron chi connectivity index (χ2n) is 7.69. The fraction of sp³-hybridized carbons (Fsp3) is 0.421. The Morgan fingerprint density at radius 2 is 2.06 bits per heavy atom. The summed E-state index contributed by atoms with van der Waals surface area (Å²) in [7, 11) is -4.39. The van der Waals surface area contributed by atoms with Gasteiger partial charge in [-0.2, -0.15) is 18.4 Å². The van der Waals surface area contributed by atoms with Crippen molar-refractivity contribution in [3.8, 4) is 11.8 Å². The van der Waals surface area contributed by atoms with Gasteiger partial charge in [0.15, 0.2) is 9.84 Å². The summed E-state index contributed by atoms with van der Waals surface area (Å²) in [6, 6.07) is 4.09. The normalized spacial score (nSPS) is 21.9. The first-order valence-electron chi connectivity index (χ1n) is 9.46. The van der Waals surface area contributed by atoms with Crippen LogP contribution in [-0.2, 0) is 20.8 Å². The minimum atomic E-state index is -4.90. The molecule has 0 bridgehead atoms. The van der Waals surface area contributed by atoms with Gasteiger partial charge >= 0.3 is 6.18 Å². The molecule has 2 heterocycles. The molecule has 2 aliphatic rings. The molecule has 2 N–H and O–H groups in total. The van der Waals surface area contributed by atoms with Crippen LogP contribution in [0, 0.1) is 11.3 Å². The lowest BCUT2D eigenvalue weighted by molar-refractivity contribution is -0.139. The molecule has 1 aliphatic heterocycles. The summed E-state index contributed by atoms with van der Waals surface area (Å²) in [6.07, 6.45) is 0.0988. The zero-order valence-electron chi connectivity index (χ0n) is 16.5. The minimum absolute atomic E-state index is 0. The van der Waals surface area contributed by atoms with E-state index in [2.05, 4.69) is 15.6 Å². The number of nitrogens with one attached hydrogen (secondary N) is 2. The maximum atomic E-state index is 13.7. The number of hydrogen-bond acceptors (Lipinski definition) is 6. The van der Waals surface area contributed by atoms with E-state index in [4.69, 9.17) is 5.26 Å². The Labute approximate surface area is 188 Å². The average molecular weight is 490 g/mol. The maximum Gasteiger partial charge on any atom is 0.417 e. The van der Waals surface area contributed by atoms with E-state index in [9.17, 15) is 26.4 Å². The lowest BCUT2D eigenvalue weighted by Crippen LogP contribution is -2.45. The highest BCUT2D eigenvalue weighted by Gasteiger charge is 2.48. The molecule has 0 radical (unpaired) electrons. The molecule has 0 unspecified atom stereocenters. The van der Waals surface area contributed by atoms with E-state index in [0.29, 0.717) is 12.8 Å². The number of nitriles is 1. The first-order valence-corrected chi connectivity index (χ1v) is 11.0. The molecule has 1 aromatic carbocycles. The van der Waals surface area contributed by atoms with E-state index in [1.165, 1.54) is 29.4 Å². The van der Waals surface area contributed by atoms with Gasteiger partial charge in [0.1, 0.15) is 5.54 Å². The molecule has 2 fully saturated rings. The topological polar surface area (TPSA) is 117 Å². The number of aromatic nitrogens is 2. The largest absolute Gasteiger partial charge is 0.417 e. The van der Waals surface area contributed by atoms with Gasteiger partial charge in [-0.25, -0.2) is 13.4 Å². The van der Waals surface area contributed by atoms with Crippen molar-refractivity contribution in [2.45, 2.75) is 47.2 Å².